The third kappa shape index (κ3) is 3.92. The van der Waals surface area contributed by atoms with E-state index in [1.165, 1.54) is 12.5 Å². The fraction of sp³-hybridized carbons (Fsp3) is 0.259. The third-order valence-electron chi connectivity index (χ3n) is 7.34. The summed E-state index contributed by atoms with van der Waals surface area (Å²) in [4.78, 5) is 50.2. The van der Waals surface area contributed by atoms with Crippen LogP contribution in [-0.2, 0) is 39.5 Å². The van der Waals surface area contributed by atoms with Gasteiger partial charge in [0, 0.05) is 40.4 Å². The summed E-state index contributed by atoms with van der Waals surface area (Å²) >= 11 is 0. The van der Waals surface area contributed by atoms with Crippen LogP contribution in [0.1, 0.15) is 41.3 Å². The van der Waals surface area contributed by atoms with E-state index in [0.717, 1.165) is 16.6 Å². The SMILES string of the molecule is CC[C@@]1(O)C(=O)OCc2c1cc1n(c2=O)Cc2c-1nc1ccccc1c2/C=N\NC(=O)C(N)Cc1cnc[nH]1. The van der Waals surface area contributed by atoms with Gasteiger partial charge in [-0.1, -0.05) is 25.1 Å². The van der Waals surface area contributed by atoms with Gasteiger partial charge in [-0.3, -0.25) is 9.59 Å². The molecule has 5 heterocycles. The number of hydrogen-bond acceptors (Lipinski definition) is 9. The number of nitrogens with two attached hydrogens (primary N) is 1. The van der Waals surface area contributed by atoms with Gasteiger partial charge < -0.3 is 25.1 Å². The van der Waals surface area contributed by atoms with E-state index in [0.29, 0.717) is 22.5 Å². The van der Waals surface area contributed by atoms with E-state index < -0.39 is 23.5 Å². The quantitative estimate of drug-likeness (QED) is 0.142. The molecule has 0 spiro atoms. The van der Waals surface area contributed by atoms with Crippen molar-refractivity contribution in [3.8, 4) is 11.4 Å². The smallest absolute Gasteiger partial charge is 0.343 e. The molecular formula is C27H25N7O5. The minimum atomic E-state index is -1.91. The van der Waals surface area contributed by atoms with E-state index in [4.69, 9.17) is 15.5 Å². The van der Waals surface area contributed by atoms with Crippen molar-refractivity contribution in [2.75, 3.05) is 0 Å². The number of hydrazone groups is 1. The molecule has 0 fully saturated rings. The Morgan fingerprint density at radius 1 is 1.36 bits per heavy atom. The molecule has 12 nitrogen and oxygen atoms in total. The maximum Gasteiger partial charge on any atom is 0.343 e. The number of aliphatic hydroxyl groups is 1. The van der Waals surface area contributed by atoms with Gasteiger partial charge in [0.05, 0.1) is 47.6 Å². The van der Waals surface area contributed by atoms with E-state index in [2.05, 4.69) is 20.5 Å². The zero-order chi connectivity index (χ0) is 27.3. The Morgan fingerprint density at radius 3 is 2.95 bits per heavy atom. The highest BCUT2D eigenvalue weighted by Crippen LogP contribution is 2.39. The number of amides is 1. The average molecular weight is 528 g/mol. The normalized spacial score (nSPS) is 18.5. The minimum absolute atomic E-state index is 0.0554. The molecule has 2 atom stereocenters. The summed E-state index contributed by atoms with van der Waals surface area (Å²) in [5, 5.41) is 16.1. The summed E-state index contributed by atoms with van der Waals surface area (Å²) in [5.41, 5.74) is 10.5. The number of carbonyl (C=O) groups excluding carboxylic acids is 2. The molecule has 0 aliphatic carbocycles. The molecule has 39 heavy (non-hydrogen) atoms. The summed E-state index contributed by atoms with van der Waals surface area (Å²) in [7, 11) is 0. The number of aromatic nitrogens is 4. The first-order valence-corrected chi connectivity index (χ1v) is 12.5. The predicted octanol–water partition coefficient (Wildman–Crippen LogP) is 0.823. The number of nitrogens with zero attached hydrogens (tertiary/aromatic N) is 4. The first-order valence-electron chi connectivity index (χ1n) is 12.5. The number of H-pyrrole nitrogens is 1. The van der Waals surface area contributed by atoms with E-state index in [-0.39, 0.29) is 42.7 Å². The Morgan fingerprint density at radius 2 is 2.18 bits per heavy atom. The molecule has 6 rings (SSSR count). The van der Waals surface area contributed by atoms with Gasteiger partial charge in [-0.25, -0.2) is 20.2 Å². The molecule has 12 heteroatoms. The number of rotatable bonds is 6. The lowest BCUT2D eigenvalue weighted by atomic mass is 9.86. The molecule has 198 valence electrons. The Labute approximate surface area is 221 Å². The summed E-state index contributed by atoms with van der Waals surface area (Å²) in [6.07, 6.45) is 4.97. The number of benzene rings is 1. The number of imidazole rings is 1. The molecule has 0 bridgehead atoms. The van der Waals surface area contributed by atoms with Crippen LogP contribution < -0.4 is 16.7 Å². The van der Waals surface area contributed by atoms with Gasteiger partial charge in [0.2, 0.25) is 0 Å². The summed E-state index contributed by atoms with van der Waals surface area (Å²) < 4.78 is 6.70. The highest BCUT2D eigenvalue weighted by molar-refractivity contribution is 6.02. The lowest BCUT2D eigenvalue weighted by Crippen LogP contribution is -2.44. The summed E-state index contributed by atoms with van der Waals surface area (Å²) in [6.45, 7) is 1.65. The average Bonchev–Trinajstić information content (AvgIpc) is 3.58. The Bertz CT molecular complexity index is 1730. The Hall–Kier alpha value is -4.68. The van der Waals surface area contributed by atoms with E-state index in [9.17, 15) is 19.5 Å². The fourth-order valence-electron chi connectivity index (χ4n) is 5.18. The number of aromatic amines is 1. The van der Waals surface area contributed by atoms with Crippen LogP contribution in [0.15, 0.2) is 52.8 Å². The highest BCUT2D eigenvalue weighted by atomic mass is 16.6. The maximum atomic E-state index is 13.5. The van der Waals surface area contributed by atoms with Crippen LogP contribution in [0.5, 0.6) is 0 Å². The highest BCUT2D eigenvalue weighted by Gasteiger charge is 2.45. The fourth-order valence-corrected chi connectivity index (χ4v) is 5.18. The molecule has 2 aliphatic rings. The second-order valence-corrected chi connectivity index (χ2v) is 9.59. The van der Waals surface area contributed by atoms with Gasteiger partial charge in [0.25, 0.3) is 11.5 Å². The molecule has 1 amide bonds. The Kier molecular flexibility index (Phi) is 5.85. The molecule has 4 aromatic rings. The Balaban J connectivity index is 1.40. The van der Waals surface area contributed by atoms with Crippen molar-refractivity contribution in [1.82, 2.24) is 24.9 Å². The number of hydrogen-bond donors (Lipinski definition) is 4. The number of pyridine rings is 2. The minimum Gasteiger partial charge on any atom is -0.458 e. The van der Waals surface area contributed by atoms with Crippen molar-refractivity contribution in [2.45, 2.75) is 44.6 Å². The largest absolute Gasteiger partial charge is 0.458 e. The molecule has 5 N–H and O–H groups in total. The lowest BCUT2D eigenvalue weighted by Gasteiger charge is -2.31. The summed E-state index contributed by atoms with van der Waals surface area (Å²) in [6, 6.07) is 8.26. The first kappa shape index (κ1) is 24.6. The van der Waals surface area contributed by atoms with E-state index in [1.807, 2.05) is 24.3 Å². The van der Waals surface area contributed by atoms with Gasteiger partial charge in [-0.2, -0.15) is 5.10 Å². The zero-order valence-corrected chi connectivity index (χ0v) is 21.0. The van der Waals surface area contributed by atoms with Gasteiger partial charge in [0.15, 0.2) is 5.60 Å². The number of nitrogens with one attached hydrogen (secondary N) is 2. The van der Waals surface area contributed by atoms with Gasteiger partial charge in [0.1, 0.15) is 6.61 Å². The van der Waals surface area contributed by atoms with E-state index in [1.54, 1.807) is 23.8 Å². The van der Waals surface area contributed by atoms with Crippen molar-refractivity contribution in [3.05, 3.63) is 81.2 Å². The predicted molar refractivity (Wildman–Crippen MR) is 141 cm³/mol. The van der Waals surface area contributed by atoms with Crippen LogP contribution in [0, 0.1) is 0 Å². The number of fused-ring (bicyclic) bond motifs is 5. The number of carbonyl (C=O) groups is 2. The molecule has 3 aromatic heterocycles. The second-order valence-electron chi connectivity index (χ2n) is 9.59. The second kappa shape index (κ2) is 9.26. The van der Waals surface area contributed by atoms with E-state index >= 15 is 0 Å². The number of ether oxygens (including phenoxy) is 1. The van der Waals surface area contributed by atoms with Gasteiger partial charge in [-0.05, 0) is 18.6 Å². The third-order valence-corrected chi connectivity index (χ3v) is 7.34. The summed E-state index contributed by atoms with van der Waals surface area (Å²) in [5.74, 6) is -1.24. The van der Waals surface area contributed by atoms with Crippen LogP contribution >= 0.6 is 0 Å². The standard InChI is InChI=1S/C27H25N7O5/c1-2-27(38)19-8-22-23-17(11-34(22)25(36)18(19)12-39-26(27)37)16(15-5-3-4-6-21(15)32-23)10-31-33-24(35)20(28)7-14-9-29-13-30-14/h3-6,8-10,13,20,38H,2,7,11-12,28H2,1H3,(H,29,30)(H,33,35)/b31-10-/t20?,27-/m0/s1. The van der Waals surface area contributed by atoms with Crippen molar-refractivity contribution < 1.29 is 19.4 Å². The van der Waals surface area contributed by atoms with Crippen molar-refractivity contribution in [2.24, 2.45) is 10.8 Å². The maximum absolute atomic E-state index is 13.5. The molecule has 0 radical (unpaired) electrons. The van der Waals surface area contributed by atoms with Crippen LogP contribution in [-0.4, -0.2) is 48.8 Å². The molecule has 0 saturated carbocycles. The molecule has 1 unspecified atom stereocenters. The van der Waals surface area contributed by atoms with Crippen molar-refractivity contribution in [1.29, 1.82) is 0 Å². The van der Waals surface area contributed by atoms with Crippen molar-refractivity contribution >= 4 is 29.0 Å². The molecule has 0 saturated heterocycles. The number of cyclic esters (lactones) is 1. The van der Waals surface area contributed by atoms with Crippen LogP contribution in [0.2, 0.25) is 0 Å². The van der Waals surface area contributed by atoms with Crippen LogP contribution in [0.3, 0.4) is 0 Å². The zero-order valence-electron chi connectivity index (χ0n) is 21.0. The number of esters is 1. The van der Waals surface area contributed by atoms with Crippen LogP contribution in [0.25, 0.3) is 22.3 Å². The molecule has 2 aliphatic heterocycles. The lowest BCUT2D eigenvalue weighted by molar-refractivity contribution is -0.172. The molecular weight excluding hydrogens is 502 g/mol. The van der Waals surface area contributed by atoms with Gasteiger partial charge in [-0.15, -0.1) is 0 Å². The topological polar surface area (TPSA) is 178 Å². The monoisotopic (exact) mass is 527 g/mol. The van der Waals surface area contributed by atoms with Gasteiger partial charge >= 0.3 is 5.97 Å². The first-order chi connectivity index (χ1) is 18.8. The molecule has 1 aromatic carbocycles. The van der Waals surface area contributed by atoms with Crippen LogP contribution in [0.4, 0.5) is 0 Å². The van der Waals surface area contributed by atoms with Crippen molar-refractivity contribution in [3.63, 3.8) is 0 Å². The number of para-hydroxylation sites is 1.